The van der Waals surface area contributed by atoms with E-state index in [4.69, 9.17) is 9.72 Å². The number of unbranched alkanes of at least 4 members (excludes halogenated alkanes) is 2. The Balaban J connectivity index is 1.88. The minimum Gasteiger partial charge on any atom is -0.450 e. The van der Waals surface area contributed by atoms with Crippen LogP contribution in [0.1, 0.15) is 38.9 Å². The summed E-state index contributed by atoms with van der Waals surface area (Å²) in [4.78, 5) is 44.9. The number of carbonyl (C=O) groups is 1. The summed E-state index contributed by atoms with van der Waals surface area (Å²) in [6, 6.07) is 0. The van der Waals surface area contributed by atoms with Crippen molar-refractivity contribution in [2.75, 3.05) is 32.8 Å². The second-order valence-electron chi connectivity index (χ2n) is 7.88. The number of hydrogen-bond acceptors (Lipinski definition) is 5. The van der Waals surface area contributed by atoms with Crippen LogP contribution < -0.4 is 16.1 Å². The monoisotopic (exact) mass is 421 g/mol. The predicted molar refractivity (Wildman–Crippen MR) is 113 cm³/mol. The Morgan fingerprint density at radius 1 is 1.10 bits per heavy atom. The van der Waals surface area contributed by atoms with Crippen molar-refractivity contribution in [3.05, 3.63) is 26.7 Å². The Labute approximate surface area is 175 Å². The molecule has 10 heteroatoms. The number of aryl methyl sites for hydroxylation is 2. The van der Waals surface area contributed by atoms with Crippen molar-refractivity contribution >= 4 is 17.3 Å². The van der Waals surface area contributed by atoms with E-state index in [0.717, 1.165) is 42.7 Å². The molecule has 3 rings (SSSR count). The number of imidazole rings is 1. The third-order valence-electron chi connectivity index (χ3n) is 5.82. The molecule has 30 heavy (non-hydrogen) atoms. The molecule has 1 N–H and O–H groups in total. The fraction of sp³-hybridized carbons (Fsp3) is 0.700. The van der Waals surface area contributed by atoms with Gasteiger partial charge in [-0.05, 0) is 13.3 Å². The van der Waals surface area contributed by atoms with Gasteiger partial charge in [0.2, 0.25) is 0 Å². The number of aromatic nitrogens is 4. The minimum absolute atomic E-state index is 0.262. The molecule has 0 bridgehead atoms. The SMILES string of the molecule is CCCCCn1c(C[NH+]2CCN(C(=O)OCC)CC2)nc2c1c(=O)n(C)c(=O)n2C. The number of nitrogens with one attached hydrogen (secondary N) is 1. The number of quaternary nitrogens is 1. The summed E-state index contributed by atoms with van der Waals surface area (Å²) in [5.74, 6) is 0.819. The van der Waals surface area contributed by atoms with Gasteiger partial charge in [-0.2, -0.15) is 0 Å². The first-order valence-corrected chi connectivity index (χ1v) is 10.8. The van der Waals surface area contributed by atoms with Gasteiger partial charge < -0.3 is 14.2 Å². The molecule has 1 amide bonds. The van der Waals surface area contributed by atoms with Gasteiger partial charge >= 0.3 is 11.8 Å². The highest BCUT2D eigenvalue weighted by Crippen LogP contribution is 2.13. The Kier molecular flexibility index (Phi) is 6.96. The maximum absolute atomic E-state index is 12.9. The largest absolute Gasteiger partial charge is 0.450 e. The molecule has 0 radical (unpaired) electrons. The first-order valence-electron chi connectivity index (χ1n) is 10.8. The average molecular weight is 422 g/mol. The molecular formula is C20H33N6O4+. The number of fused-ring (bicyclic) bond motifs is 1. The predicted octanol–water partition coefficient (Wildman–Crippen LogP) is -0.519. The zero-order chi connectivity index (χ0) is 21.8. The van der Waals surface area contributed by atoms with Crippen molar-refractivity contribution in [3.8, 4) is 0 Å². The summed E-state index contributed by atoms with van der Waals surface area (Å²) >= 11 is 0. The molecule has 1 aliphatic rings. The molecule has 166 valence electrons. The van der Waals surface area contributed by atoms with Crippen molar-refractivity contribution in [1.82, 2.24) is 23.6 Å². The van der Waals surface area contributed by atoms with Gasteiger partial charge in [0.05, 0.1) is 32.8 Å². The van der Waals surface area contributed by atoms with Crippen LogP contribution in [0.3, 0.4) is 0 Å². The fourth-order valence-electron chi connectivity index (χ4n) is 4.01. The fourth-order valence-corrected chi connectivity index (χ4v) is 4.01. The molecule has 0 aromatic carbocycles. The first kappa shape index (κ1) is 22.1. The quantitative estimate of drug-likeness (QED) is 0.607. The third-order valence-corrected chi connectivity index (χ3v) is 5.82. The highest BCUT2D eigenvalue weighted by molar-refractivity contribution is 5.71. The smallest absolute Gasteiger partial charge is 0.410 e. The van der Waals surface area contributed by atoms with E-state index in [1.165, 1.54) is 16.5 Å². The van der Waals surface area contributed by atoms with Gasteiger partial charge in [-0.3, -0.25) is 18.8 Å². The molecule has 0 saturated carbocycles. The summed E-state index contributed by atoms with van der Waals surface area (Å²) in [6.45, 7) is 8.51. The van der Waals surface area contributed by atoms with E-state index >= 15 is 0 Å². The van der Waals surface area contributed by atoms with Crippen LogP contribution >= 0.6 is 0 Å². The van der Waals surface area contributed by atoms with E-state index in [-0.39, 0.29) is 17.3 Å². The van der Waals surface area contributed by atoms with Gasteiger partial charge in [-0.15, -0.1) is 0 Å². The zero-order valence-corrected chi connectivity index (χ0v) is 18.4. The summed E-state index contributed by atoms with van der Waals surface area (Å²) in [5.41, 5.74) is 0.271. The van der Waals surface area contributed by atoms with Gasteiger partial charge in [-0.25, -0.2) is 14.6 Å². The van der Waals surface area contributed by atoms with Crippen molar-refractivity contribution in [3.63, 3.8) is 0 Å². The molecule has 2 aromatic rings. The van der Waals surface area contributed by atoms with Gasteiger partial charge in [0.25, 0.3) is 5.56 Å². The van der Waals surface area contributed by atoms with Crippen LogP contribution in [-0.2, 0) is 31.9 Å². The van der Waals surface area contributed by atoms with Crippen LogP contribution in [0, 0.1) is 0 Å². The third kappa shape index (κ3) is 4.28. The van der Waals surface area contributed by atoms with E-state index < -0.39 is 0 Å². The molecule has 1 fully saturated rings. The van der Waals surface area contributed by atoms with E-state index in [9.17, 15) is 14.4 Å². The molecule has 10 nitrogen and oxygen atoms in total. The molecule has 3 heterocycles. The molecule has 0 atom stereocenters. The average Bonchev–Trinajstić information content (AvgIpc) is 3.10. The Morgan fingerprint density at radius 2 is 1.80 bits per heavy atom. The normalized spacial score (nSPS) is 15.1. The van der Waals surface area contributed by atoms with Gasteiger partial charge in [0.1, 0.15) is 6.54 Å². The topological polar surface area (TPSA) is 95.8 Å². The van der Waals surface area contributed by atoms with Crippen molar-refractivity contribution < 1.29 is 14.4 Å². The molecule has 0 spiro atoms. The molecule has 2 aromatic heterocycles. The number of amides is 1. The number of piperazine rings is 1. The Hall–Kier alpha value is -2.62. The van der Waals surface area contributed by atoms with Crippen LogP contribution in [0.2, 0.25) is 0 Å². The number of rotatable bonds is 7. The van der Waals surface area contributed by atoms with E-state index in [1.54, 1.807) is 18.9 Å². The van der Waals surface area contributed by atoms with E-state index in [2.05, 4.69) is 6.92 Å². The number of hydrogen-bond donors (Lipinski definition) is 1. The Morgan fingerprint density at radius 3 is 2.43 bits per heavy atom. The summed E-state index contributed by atoms with van der Waals surface area (Å²) < 4.78 is 9.68. The van der Waals surface area contributed by atoms with Gasteiger partial charge in [0.15, 0.2) is 17.0 Å². The number of ether oxygens (including phenoxy) is 1. The zero-order valence-electron chi connectivity index (χ0n) is 18.4. The molecule has 0 unspecified atom stereocenters. The standard InChI is InChI=1S/C20H32N6O4/c1-5-7-8-9-26-15(14-24-10-12-25(13-11-24)20(29)30-6-2)21-17-16(26)18(27)23(4)19(28)22(17)3/h5-14H2,1-4H3/p+1. The summed E-state index contributed by atoms with van der Waals surface area (Å²) in [7, 11) is 3.16. The molecule has 1 saturated heterocycles. The first-order chi connectivity index (χ1) is 14.4. The summed E-state index contributed by atoms with van der Waals surface area (Å²) in [6.07, 6.45) is 2.84. The lowest BCUT2D eigenvalue weighted by atomic mass is 10.2. The van der Waals surface area contributed by atoms with E-state index in [0.29, 0.717) is 43.9 Å². The van der Waals surface area contributed by atoms with Crippen molar-refractivity contribution in [2.24, 2.45) is 14.1 Å². The highest BCUT2D eigenvalue weighted by atomic mass is 16.6. The maximum atomic E-state index is 12.9. The molecular weight excluding hydrogens is 388 g/mol. The summed E-state index contributed by atoms with van der Waals surface area (Å²) in [5, 5.41) is 0. The molecule has 1 aliphatic heterocycles. The lowest BCUT2D eigenvalue weighted by molar-refractivity contribution is -0.918. The second kappa shape index (κ2) is 9.46. The number of carbonyl (C=O) groups excluding carboxylic acids is 1. The van der Waals surface area contributed by atoms with Gasteiger partial charge in [-0.1, -0.05) is 19.8 Å². The second-order valence-corrected chi connectivity index (χ2v) is 7.88. The van der Waals surface area contributed by atoms with Crippen LogP contribution in [-0.4, -0.2) is 62.5 Å². The lowest BCUT2D eigenvalue weighted by Gasteiger charge is -2.31. The Bertz CT molecular complexity index is 1010. The number of nitrogens with zero attached hydrogens (tertiary/aromatic N) is 5. The van der Waals surface area contributed by atoms with Crippen molar-refractivity contribution in [1.29, 1.82) is 0 Å². The lowest BCUT2D eigenvalue weighted by Crippen LogP contribution is -3.13. The maximum Gasteiger partial charge on any atom is 0.410 e. The highest BCUT2D eigenvalue weighted by Gasteiger charge is 2.27. The van der Waals surface area contributed by atoms with Crippen LogP contribution in [0.4, 0.5) is 4.79 Å². The van der Waals surface area contributed by atoms with E-state index in [1.807, 2.05) is 4.57 Å². The van der Waals surface area contributed by atoms with Crippen LogP contribution in [0.5, 0.6) is 0 Å². The molecule has 0 aliphatic carbocycles. The van der Waals surface area contributed by atoms with Crippen molar-refractivity contribution in [2.45, 2.75) is 46.2 Å². The van der Waals surface area contributed by atoms with Crippen LogP contribution in [0.15, 0.2) is 9.59 Å². The van der Waals surface area contributed by atoms with Gasteiger partial charge in [0, 0.05) is 20.6 Å². The minimum atomic E-state index is -0.368. The van der Waals surface area contributed by atoms with Crippen LogP contribution in [0.25, 0.3) is 11.2 Å².